The van der Waals surface area contributed by atoms with E-state index in [1.165, 1.54) is 0 Å². The number of nitrogens with zero attached hydrogens (tertiary/aromatic N) is 2. The molecule has 128 valence electrons. The third-order valence-electron chi connectivity index (χ3n) is 3.37. The van der Waals surface area contributed by atoms with Gasteiger partial charge in [-0.15, -0.1) is 11.3 Å². The molecule has 0 aliphatic heterocycles. The number of hydrogen-bond acceptors (Lipinski definition) is 5. The first kappa shape index (κ1) is 17.4. The minimum atomic E-state index is -0.166. The van der Waals surface area contributed by atoms with Crippen LogP contribution in [0.15, 0.2) is 54.2 Å². The van der Waals surface area contributed by atoms with E-state index in [1.807, 2.05) is 17.5 Å². The van der Waals surface area contributed by atoms with Crippen molar-refractivity contribution in [2.75, 3.05) is 13.2 Å². The second kappa shape index (κ2) is 8.60. The molecule has 25 heavy (non-hydrogen) atoms. The molecule has 0 unspecified atom stereocenters. The maximum atomic E-state index is 11.8. The Balaban J connectivity index is 1.41. The second-order valence-corrected chi connectivity index (χ2v) is 6.58. The fraction of sp³-hybridized carbons (Fsp3) is 0.167. The molecule has 2 heterocycles. The van der Waals surface area contributed by atoms with Crippen molar-refractivity contribution in [2.45, 2.75) is 6.42 Å². The van der Waals surface area contributed by atoms with Crippen molar-refractivity contribution < 1.29 is 9.53 Å². The normalized spacial score (nSPS) is 10.4. The molecule has 7 heteroatoms. The predicted molar refractivity (Wildman–Crippen MR) is 99.0 cm³/mol. The van der Waals surface area contributed by atoms with Gasteiger partial charge in [0.15, 0.2) is 6.61 Å². The molecule has 1 aromatic carbocycles. The molecule has 1 N–H and O–H groups in total. The third-order valence-corrected chi connectivity index (χ3v) is 4.53. The number of carbonyl (C=O) groups is 1. The third kappa shape index (κ3) is 5.27. The highest BCUT2D eigenvalue weighted by Crippen LogP contribution is 2.21. The fourth-order valence-electron chi connectivity index (χ4n) is 2.12. The summed E-state index contributed by atoms with van der Waals surface area (Å²) in [5.74, 6) is 0.447. The van der Waals surface area contributed by atoms with Gasteiger partial charge in [-0.25, -0.2) is 4.98 Å². The Morgan fingerprint density at radius 2 is 1.92 bits per heavy atom. The number of hydrogen-bond donors (Lipinski definition) is 1. The van der Waals surface area contributed by atoms with Gasteiger partial charge >= 0.3 is 0 Å². The lowest BCUT2D eigenvalue weighted by Crippen LogP contribution is -2.30. The lowest BCUT2D eigenvalue weighted by atomic mass is 10.2. The quantitative estimate of drug-likeness (QED) is 0.687. The average Bonchev–Trinajstić information content (AvgIpc) is 3.11. The molecule has 0 aliphatic rings. The largest absolute Gasteiger partial charge is 0.484 e. The van der Waals surface area contributed by atoms with Crippen LogP contribution in [0.25, 0.3) is 11.3 Å². The van der Waals surface area contributed by atoms with Crippen LogP contribution in [0.5, 0.6) is 5.75 Å². The number of ether oxygens (including phenoxy) is 1. The van der Waals surface area contributed by atoms with Crippen LogP contribution in [-0.4, -0.2) is 29.0 Å². The maximum Gasteiger partial charge on any atom is 0.257 e. The number of carbonyl (C=O) groups excluding carboxylic acids is 1. The summed E-state index contributed by atoms with van der Waals surface area (Å²) >= 11 is 7.38. The van der Waals surface area contributed by atoms with E-state index in [0.29, 0.717) is 23.7 Å². The zero-order valence-corrected chi connectivity index (χ0v) is 14.9. The summed E-state index contributed by atoms with van der Waals surface area (Å²) in [6.07, 6.45) is 4.17. The van der Waals surface area contributed by atoms with Gasteiger partial charge in [-0.2, -0.15) is 0 Å². The molecular formula is C18H16ClN3O2S. The van der Waals surface area contributed by atoms with E-state index in [2.05, 4.69) is 15.3 Å². The molecule has 3 aromatic rings. The summed E-state index contributed by atoms with van der Waals surface area (Å²) in [4.78, 5) is 20.4. The Labute approximate surface area is 154 Å². The van der Waals surface area contributed by atoms with Crippen molar-refractivity contribution in [1.29, 1.82) is 0 Å². The van der Waals surface area contributed by atoms with Crippen LogP contribution in [0.2, 0.25) is 5.02 Å². The Bertz CT molecular complexity index is 822. The number of aromatic nitrogens is 2. The summed E-state index contributed by atoms with van der Waals surface area (Å²) in [5, 5.41) is 6.45. The second-order valence-electron chi connectivity index (χ2n) is 5.20. The van der Waals surface area contributed by atoms with Crippen LogP contribution in [0.3, 0.4) is 0 Å². The van der Waals surface area contributed by atoms with Crippen LogP contribution in [0.1, 0.15) is 5.01 Å². The van der Waals surface area contributed by atoms with E-state index in [-0.39, 0.29) is 12.5 Å². The number of pyridine rings is 1. The molecule has 1 amide bonds. The van der Waals surface area contributed by atoms with E-state index in [0.717, 1.165) is 16.3 Å². The lowest BCUT2D eigenvalue weighted by molar-refractivity contribution is -0.123. The van der Waals surface area contributed by atoms with Crippen molar-refractivity contribution >= 4 is 28.8 Å². The molecule has 0 aliphatic carbocycles. The van der Waals surface area contributed by atoms with E-state index in [1.54, 1.807) is 48.0 Å². The molecule has 0 atom stereocenters. The van der Waals surface area contributed by atoms with Crippen molar-refractivity contribution in [2.24, 2.45) is 0 Å². The van der Waals surface area contributed by atoms with Crippen LogP contribution in [-0.2, 0) is 11.2 Å². The number of thiazole rings is 1. The van der Waals surface area contributed by atoms with Crippen molar-refractivity contribution in [3.8, 4) is 17.0 Å². The molecule has 0 radical (unpaired) electrons. The number of rotatable bonds is 7. The molecular weight excluding hydrogens is 358 g/mol. The van der Waals surface area contributed by atoms with Crippen molar-refractivity contribution in [1.82, 2.24) is 15.3 Å². The van der Waals surface area contributed by atoms with E-state index >= 15 is 0 Å². The van der Waals surface area contributed by atoms with Crippen molar-refractivity contribution in [3.05, 3.63) is 64.2 Å². The topological polar surface area (TPSA) is 64.1 Å². The highest BCUT2D eigenvalue weighted by molar-refractivity contribution is 7.09. The lowest BCUT2D eigenvalue weighted by Gasteiger charge is -2.06. The Kier molecular flexibility index (Phi) is 5.98. The van der Waals surface area contributed by atoms with Gasteiger partial charge in [0.2, 0.25) is 0 Å². The minimum absolute atomic E-state index is 0.0260. The standard InChI is InChI=1S/C18H16ClN3O2S/c19-14-1-3-15(4-2-14)24-11-17(23)21-10-7-18-22-16(12-25-18)13-5-8-20-9-6-13/h1-6,8-9,12H,7,10-11H2,(H,21,23). The number of amides is 1. The summed E-state index contributed by atoms with van der Waals surface area (Å²) < 4.78 is 5.40. The van der Waals surface area contributed by atoms with E-state index in [9.17, 15) is 4.79 Å². The van der Waals surface area contributed by atoms with Gasteiger partial charge in [-0.1, -0.05) is 11.6 Å². The first-order chi connectivity index (χ1) is 12.2. The highest BCUT2D eigenvalue weighted by Gasteiger charge is 2.06. The van der Waals surface area contributed by atoms with Gasteiger partial charge in [0.25, 0.3) is 5.91 Å². The minimum Gasteiger partial charge on any atom is -0.484 e. The molecule has 0 fully saturated rings. The van der Waals surface area contributed by atoms with Gasteiger partial charge in [0, 0.05) is 41.3 Å². The number of nitrogens with one attached hydrogen (secondary N) is 1. The summed E-state index contributed by atoms with van der Waals surface area (Å²) in [5.41, 5.74) is 1.97. The zero-order valence-electron chi connectivity index (χ0n) is 13.3. The maximum absolute atomic E-state index is 11.8. The Hall–Kier alpha value is -2.44. The van der Waals surface area contributed by atoms with Crippen LogP contribution in [0.4, 0.5) is 0 Å². The fourth-order valence-corrected chi connectivity index (χ4v) is 3.05. The zero-order chi connectivity index (χ0) is 17.5. The van der Waals surface area contributed by atoms with E-state index < -0.39 is 0 Å². The summed E-state index contributed by atoms with van der Waals surface area (Å²) in [7, 11) is 0. The molecule has 0 saturated heterocycles. The predicted octanol–water partition coefficient (Wildman–Crippen LogP) is 3.60. The molecule has 3 rings (SSSR count). The van der Waals surface area contributed by atoms with Crippen LogP contribution < -0.4 is 10.1 Å². The molecule has 0 bridgehead atoms. The van der Waals surface area contributed by atoms with Gasteiger partial charge < -0.3 is 10.1 Å². The summed E-state index contributed by atoms with van der Waals surface area (Å²) in [6.45, 7) is 0.494. The molecule has 0 saturated carbocycles. The van der Waals surface area contributed by atoms with Crippen LogP contribution in [0, 0.1) is 0 Å². The molecule has 2 aromatic heterocycles. The average molecular weight is 374 g/mol. The van der Waals surface area contributed by atoms with Crippen molar-refractivity contribution in [3.63, 3.8) is 0 Å². The summed E-state index contributed by atoms with van der Waals surface area (Å²) in [6, 6.07) is 10.7. The first-order valence-electron chi connectivity index (χ1n) is 7.70. The van der Waals surface area contributed by atoms with E-state index in [4.69, 9.17) is 16.3 Å². The highest BCUT2D eigenvalue weighted by atomic mass is 35.5. The number of halogens is 1. The molecule has 5 nitrogen and oxygen atoms in total. The van der Waals surface area contributed by atoms with Crippen LogP contribution >= 0.6 is 22.9 Å². The monoisotopic (exact) mass is 373 g/mol. The Morgan fingerprint density at radius 1 is 1.16 bits per heavy atom. The SMILES string of the molecule is O=C(COc1ccc(Cl)cc1)NCCc1nc(-c2ccncc2)cs1. The number of benzene rings is 1. The van der Waals surface area contributed by atoms with Gasteiger partial charge in [0.1, 0.15) is 5.75 Å². The molecule has 0 spiro atoms. The van der Waals surface area contributed by atoms with Gasteiger partial charge in [-0.3, -0.25) is 9.78 Å². The van der Waals surface area contributed by atoms with Gasteiger partial charge in [0.05, 0.1) is 10.7 Å². The first-order valence-corrected chi connectivity index (χ1v) is 8.96. The van der Waals surface area contributed by atoms with Gasteiger partial charge in [-0.05, 0) is 36.4 Å². The Morgan fingerprint density at radius 3 is 2.68 bits per heavy atom. The smallest absolute Gasteiger partial charge is 0.257 e.